The van der Waals surface area contributed by atoms with Crippen molar-refractivity contribution >= 4 is 31.6 Å². The Morgan fingerprint density at radius 3 is 1.48 bits per heavy atom. The lowest BCUT2D eigenvalue weighted by molar-refractivity contribution is -0.130. The van der Waals surface area contributed by atoms with Crippen LogP contribution in [0.25, 0.3) is 0 Å². The van der Waals surface area contributed by atoms with Gasteiger partial charge in [-0.2, -0.15) is 5.10 Å². The van der Waals surface area contributed by atoms with Crippen molar-refractivity contribution in [2.75, 3.05) is 28.2 Å². The summed E-state index contributed by atoms with van der Waals surface area (Å²) in [5, 5.41) is 7.12. The fourth-order valence-electron chi connectivity index (χ4n) is 3.85. The van der Waals surface area contributed by atoms with Gasteiger partial charge in [0, 0.05) is 45.9 Å². The van der Waals surface area contributed by atoms with Crippen molar-refractivity contribution in [2.24, 2.45) is 5.92 Å². The number of nitrogens with one attached hydrogen (secondary N) is 1. The molecule has 0 radical (unpaired) electrons. The smallest absolute Gasteiger partial charge is 0.242 e. The number of aryl methyl sites for hydroxylation is 2. The number of ketones is 2. The Kier molecular flexibility index (Phi) is 11.1. The van der Waals surface area contributed by atoms with Crippen LogP contribution in [0.3, 0.4) is 0 Å². The minimum Gasteiger partial charge on any atom is -0.299 e. The normalized spacial score (nSPS) is 12.0. The third-order valence-corrected chi connectivity index (χ3v) is 10.1. The van der Waals surface area contributed by atoms with E-state index in [1.807, 2.05) is 26.0 Å². The number of aromatic nitrogens is 2. The molecule has 218 valence electrons. The summed E-state index contributed by atoms with van der Waals surface area (Å²) in [6, 6.07) is 13.2. The van der Waals surface area contributed by atoms with Crippen molar-refractivity contribution in [3.05, 3.63) is 76.6 Å². The highest BCUT2D eigenvalue weighted by Crippen LogP contribution is 2.19. The monoisotopic (exact) mass is 590 g/mol. The maximum atomic E-state index is 12.0. The zero-order valence-corrected chi connectivity index (χ0v) is 25.9. The average molecular weight is 591 g/mol. The molecule has 1 N–H and O–H groups in total. The van der Waals surface area contributed by atoms with Crippen LogP contribution >= 0.6 is 0 Å². The molecule has 2 aromatic carbocycles. The van der Waals surface area contributed by atoms with Crippen LogP contribution in [-0.2, 0) is 42.5 Å². The van der Waals surface area contributed by atoms with Crippen LogP contribution in [0.4, 0.5) is 0 Å². The summed E-state index contributed by atoms with van der Waals surface area (Å²) < 4.78 is 50.1. The molecule has 0 atom stereocenters. The molecule has 0 aliphatic heterocycles. The Morgan fingerprint density at radius 2 is 1.15 bits per heavy atom. The Balaban J connectivity index is 0.000000280. The number of nitrogens with zero attached hydrogens (tertiary/aromatic N) is 3. The van der Waals surface area contributed by atoms with Gasteiger partial charge in [-0.1, -0.05) is 24.3 Å². The Hall–Kier alpha value is -3.19. The van der Waals surface area contributed by atoms with Crippen molar-refractivity contribution in [3.8, 4) is 0 Å². The zero-order valence-electron chi connectivity index (χ0n) is 24.2. The molecular weight excluding hydrogens is 552 g/mol. The van der Waals surface area contributed by atoms with Gasteiger partial charge in [-0.25, -0.2) is 25.4 Å². The lowest BCUT2D eigenvalue weighted by Gasteiger charge is -2.13. The van der Waals surface area contributed by atoms with E-state index < -0.39 is 26.0 Å². The van der Waals surface area contributed by atoms with Crippen LogP contribution in [0.1, 0.15) is 41.9 Å². The van der Waals surface area contributed by atoms with E-state index in [1.165, 1.54) is 58.5 Å². The molecule has 3 aromatic rings. The first-order valence-electron chi connectivity index (χ1n) is 12.5. The SMILES string of the molecule is CC(=O)C(Cc1ccc(S(=O)(=O)N(C)C)cc1)C(C)=O.Cc1n[nH]c(C)c1Cc1ccc(S(=O)(=O)N(C)C)cc1. The van der Waals surface area contributed by atoms with Crippen LogP contribution in [0.2, 0.25) is 0 Å². The summed E-state index contributed by atoms with van der Waals surface area (Å²) in [6.07, 6.45) is 1.05. The molecule has 0 saturated heterocycles. The number of aromatic amines is 1. The third-order valence-electron chi connectivity index (χ3n) is 6.49. The van der Waals surface area contributed by atoms with Crippen molar-refractivity contribution in [1.29, 1.82) is 0 Å². The highest BCUT2D eigenvalue weighted by molar-refractivity contribution is 7.89. The number of carbonyl (C=O) groups excluding carboxylic acids is 2. The fraction of sp³-hybridized carbons (Fsp3) is 0.393. The summed E-state index contributed by atoms with van der Waals surface area (Å²) in [5.41, 5.74) is 5.02. The predicted octanol–water partition coefficient (Wildman–Crippen LogP) is 3.14. The standard InChI is InChI=1S/C14H19N3O2S.C14H19NO4S/c1-10-14(11(2)16-15-10)9-12-5-7-13(8-6-12)20(18,19)17(3)4;1-10(16)14(11(2)17)9-12-5-7-13(8-6-12)20(18,19)15(3)4/h5-8H,9H2,1-4H3,(H,15,16);5-8,14H,9H2,1-4H3. The topological polar surface area (TPSA) is 138 Å². The van der Waals surface area contributed by atoms with Crippen molar-refractivity contribution in [1.82, 2.24) is 18.8 Å². The predicted molar refractivity (Wildman–Crippen MR) is 154 cm³/mol. The summed E-state index contributed by atoms with van der Waals surface area (Å²) in [5.74, 6) is -1.02. The quantitative estimate of drug-likeness (QED) is 0.358. The van der Waals surface area contributed by atoms with Crippen molar-refractivity contribution < 1.29 is 26.4 Å². The van der Waals surface area contributed by atoms with Gasteiger partial charge >= 0.3 is 0 Å². The molecule has 0 amide bonds. The molecule has 3 rings (SSSR count). The maximum absolute atomic E-state index is 12.0. The number of carbonyl (C=O) groups is 2. The van der Waals surface area contributed by atoms with E-state index in [0.29, 0.717) is 11.3 Å². The molecule has 12 heteroatoms. The zero-order chi connectivity index (χ0) is 30.4. The maximum Gasteiger partial charge on any atom is 0.242 e. The molecular formula is C28H38N4O6S2. The van der Waals surface area contributed by atoms with Gasteiger partial charge < -0.3 is 0 Å². The molecule has 0 aliphatic carbocycles. The Morgan fingerprint density at radius 1 is 0.750 bits per heavy atom. The van der Waals surface area contributed by atoms with E-state index in [1.54, 1.807) is 24.3 Å². The molecule has 0 unspecified atom stereocenters. The highest BCUT2D eigenvalue weighted by Gasteiger charge is 2.21. The van der Waals surface area contributed by atoms with Crippen LogP contribution in [0, 0.1) is 19.8 Å². The summed E-state index contributed by atoms with van der Waals surface area (Å²) >= 11 is 0. The first-order valence-corrected chi connectivity index (χ1v) is 15.4. The minimum absolute atomic E-state index is 0.178. The average Bonchev–Trinajstić information content (AvgIpc) is 3.19. The minimum atomic E-state index is -3.46. The molecule has 0 saturated carbocycles. The summed E-state index contributed by atoms with van der Waals surface area (Å²) in [6.45, 7) is 6.72. The first-order chi connectivity index (χ1) is 18.5. The van der Waals surface area contributed by atoms with E-state index in [4.69, 9.17) is 0 Å². The van der Waals surface area contributed by atoms with Gasteiger partial charge in [0.25, 0.3) is 0 Å². The number of sulfonamides is 2. The van der Waals surface area contributed by atoms with Gasteiger partial charge in [0.2, 0.25) is 20.0 Å². The summed E-state index contributed by atoms with van der Waals surface area (Å²) in [4.78, 5) is 23.3. The lowest BCUT2D eigenvalue weighted by Crippen LogP contribution is -2.23. The third kappa shape index (κ3) is 8.17. The second-order valence-electron chi connectivity index (χ2n) is 9.93. The fourth-order valence-corrected chi connectivity index (χ4v) is 5.65. The molecule has 0 aliphatic rings. The van der Waals surface area contributed by atoms with Gasteiger partial charge in [-0.15, -0.1) is 0 Å². The van der Waals surface area contributed by atoms with Crippen LogP contribution in [-0.4, -0.2) is 75.4 Å². The van der Waals surface area contributed by atoms with Gasteiger partial charge in [-0.3, -0.25) is 14.7 Å². The van der Waals surface area contributed by atoms with Crippen LogP contribution in [0.5, 0.6) is 0 Å². The number of hydrogen-bond donors (Lipinski definition) is 1. The van der Waals surface area contributed by atoms with Crippen LogP contribution in [0.15, 0.2) is 58.3 Å². The Bertz CT molecular complexity index is 1510. The first kappa shape index (κ1) is 33.0. The van der Waals surface area contributed by atoms with Gasteiger partial charge in [0.15, 0.2) is 0 Å². The molecule has 1 heterocycles. The number of Topliss-reactive ketones (excluding diaryl/α,β-unsaturated/α-hetero) is 2. The van der Waals surface area contributed by atoms with E-state index in [0.717, 1.165) is 38.8 Å². The number of H-pyrrole nitrogens is 1. The van der Waals surface area contributed by atoms with Crippen LogP contribution < -0.4 is 0 Å². The number of benzene rings is 2. The molecule has 0 bridgehead atoms. The van der Waals surface area contributed by atoms with E-state index in [2.05, 4.69) is 10.2 Å². The van der Waals surface area contributed by atoms with E-state index >= 15 is 0 Å². The highest BCUT2D eigenvalue weighted by atomic mass is 32.2. The summed E-state index contributed by atoms with van der Waals surface area (Å²) in [7, 11) is -0.828. The van der Waals surface area contributed by atoms with Gasteiger partial charge in [0.1, 0.15) is 11.6 Å². The second-order valence-corrected chi connectivity index (χ2v) is 14.2. The largest absolute Gasteiger partial charge is 0.299 e. The number of rotatable bonds is 10. The van der Waals surface area contributed by atoms with Gasteiger partial charge in [-0.05, 0) is 69.5 Å². The molecule has 1 aromatic heterocycles. The lowest BCUT2D eigenvalue weighted by atomic mass is 9.93. The molecule has 0 spiro atoms. The molecule has 10 nitrogen and oxygen atoms in total. The van der Waals surface area contributed by atoms with E-state index in [-0.39, 0.29) is 16.5 Å². The van der Waals surface area contributed by atoms with E-state index in [9.17, 15) is 26.4 Å². The molecule has 0 fully saturated rings. The number of hydrogen-bond acceptors (Lipinski definition) is 7. The molecule has 40 heavy (non-hydrogen) atoms. The van der Waals surface area contributed by atoms with Crippen molar-refractivity contribution in [3.63, 3.8) is 0 Å². The Labute approximate surface area is 237 Å². The van der Waals surface area contributed by atoms with Crippen molar-refractivity contribution in [2.45, 2.75) is 50.3 Å². The second kappa shape index (κ2) is 13.4. The van der Waals surface area contributed by atoms with Gasteiger partial charge in [0.05, 0.1) is 21.4 Å².